The summed E-state index contributed by atoms with van der Waals surface area (Å²) >= 11 is 0. The number of sulfonamides is 1. The van der Waals surface area contributed by atoms with Crippen molar-refractivity contribution in [2.45, 2.75) is 19.8 Å². The molecule has 1 aromatic rings. The molecule has 0 radical (unpaired) electrons. The molecule has 0 aliphatic carbocycles. The van der Waals surface area contributed by atoms with Gasteiger partial charge in [0.1, 0.15) is 5.69 Å². The first-order valence-corrected chi connectivity index (χ1v) is 8.99. The van der Waals surface area contributed by atoms with Gasteiger partial charge in [-0.3, -0.25) is 4.79 Å². The van der Waals surface area contributed by atoms with Crippen LogP contribution in [0.5, 0.6) is 0 Å². The number of carbonyl (C=O) groups excluding carboxylic acids is 1. The molecule has 1 aromatic heterocycles. The largest absolute Gasteiger partial charge is 0.350 e. The summed E-state index contributed by atoms with van der Waals surface area (Å²) in [6.07, 6.45) is 2.83. The van der Waals surface area contributed by atoms with Crippen LogP contribution >= 0.6 is 0 Å². The summed E-state index contributed by atoms with van der Waals surface area (Å²) in [7, 11) is -1.21. The van der Waals surface area contributed by atoms with Gasteiger partial charge < -0.3 is 9.88 Å². The lowest BCUT2D eigenvalue weighted by atomic mass is 9.98. The monoisotopic (exact) mass is 313 g/mol. The number of aryl methyl sites for hydroxylation is 1. The maximum absolute atomic E-state index is 12.1. The van der Waals surface area contributed by atoms with Crippen LogP contribution < -0.4 is 5.32 Å². The maximum atomic E-state index is 12.1. The average Bonchev–Trinajstić information content (AvgIpc) is 2.76. The molecular formula is C14H23N3O3S. The van der Waals surface area contributed by atoms with Crippen molar-refractivity contribution in [2.75, 3.05) is 25.9 Å². The van der Waals surface area contributed by atoms with Crippen molar-refractivity contribution in [3.8, 4) is 0 Å². The zero-order valence-corrected chi connectivity index (χ0v) is 13.6. The molecular weight excluding hydrogens is 290 g/mol. The minimum atomic E-state index is -3.08. The molecule has 2 rings (SSSR count). The van der Waals surface area contributed by atoms with Gasteiger partial charge in [0.05, 0.1) is 6.26 Å². The summed E-state index contributed by atoms with van der Waals surface area (Å²) in [5.41, 5.74) is 1.70. The van der Waals surface area contributed by atoms with Gasteiger partial charge in [-0.1, -0.05) is 0 Å². The van der Waals surface area contributed by atoms with Gasteiger partial charge >= 0.3 is 0 Å². The van der Waals surface area contributed by atoms with Gasteiger partial charge in [0.2, 0.25) is 10.0 Å². The number of aromatic nitrogens is 1. The summed E-state index contributed by atoms with van der Waals surface area (Å²) < 4.78 is 26.2. The van der Waals surface area contributed by atoms with E-state index in [0.29, 0.717) is 31.2 Å². The molecule has 0 atom stereocenters. The lowest BCUT2D eigenvalue weighted by Crippen LogP contribution is -2.41. The Balaban J connectivity index is 1.83. The first-order valence-electron chi connectivity index (χ1n) is 7.14. The van der Waals surface area contributed by atoms with Gasteiger partial charge in [0, 0.05) is 32.4 Å². The Hall–Kier alpha value is -1.34. The Morgan fingerprint density at radius 2 is 1.95 bits per heavy atom. The van der Waals surface area contributed by atoms with E-state index < -0.39 is 10.0 Å². The van der Waals surface area contributed by atoms with Gasteiger partial charge in [-0.05, 0) is 37.8 Å². The van der Waals surface area contributed by atoms with Crippen molar-refractivity contribution in [2.24, 2.45) is 13.0 Å². The van der Waals surface area contributed by atoms with E-state index in [4.69, 9.17) is 0 Å². The van der Waals surface area contributed by atoms with Crippen LogP contribution in [0.25, 0.3) is 0 Å². The van der Waals surface area contributed by atoms with Crippen molar-refractivity contribution in [3.05, 3.63) is 23.5 Å². The maximum Gasteiger partial charge on any atom is 0.267 e. The van der Waals surface area contributed by atoms with Crippen molar-refractivity contribution in [1.29, 1.82) is 0 Å². The Morgan fingerprint density at radius 3 is 2.43 bits per heavy atom. The Bertz CT molecular complexity index is 613. The van der Waals surface area contributed by atoms with E-state index >= 15 is 0 Å². The summed E-state index contributed by atoms with van der Waals surface area (Å²) in [5.74, 6) is 0.268. The van der Waals surface area contributed by atoms with E-state index in [1.165, 1.54) is 10.6 Å². The highest BCUT2D eigenvalue weighted by Crippen LogP contribution is 2.18. The molecule has 6 nitrogen and oxygen atoms in total. The number of nitrogens with one attached hydrogen (secondary N) is 1. The fourth-order valence-electron chi connectivity index (χ4n) is 2.61. The summed E-state index contributed by atoms with van der Waals surface area (Å²) in [6.45, 7) is 3.64. The lowest BCUT2D eigenvalue weighted by molar-refractivity contribution is 0.0933. The van der Waals surface area contributed by atoms with Crippen molar-refractivity contribution in [1.82, 2.24) is 14.2 Å². The highest BCUT2D eigenvalue weighted by Gasteiger charge is 2.25. The minimum Gasteiger partial charge on any atom is -0.350 e. The molecule has 1 amide bonds. The van der Waals surface area contributed by atoms with Crippen LogP contribution in [0.2, 0.25) is 0 Å². The molecule has 0 saturated carbocycles. The average molecular weight is 313 g/mol. The predicted molar refractivity (Wildman–Crippen MR) is 81.6 cm³/mol. The van der Waals surface area contributed by atoms with Crippen molar-refractivity contribution >= 4 is 15.9 Å². The second-order valence-corrected chi connectivity index (χ2v) is 7.72. The number of amides is 1. The molecule has 1 saturated heterocycles. The summed E-state index contributed by atoms with van der Waals surface area (Å²) in [5, 5.41) is 2.95. The second kappa shape index (κ2) is 6.19. The highest BCUT2D eigenvalue weighted by atomic mass is 32.2. The number of hydrogen-bond donors (Lipinski definition) is 1. The van der Waals surface area contributed by atoms with E-state index in [2.05, 4.69) is 5.32 Å². The number of carbonyl (C=O) groups is 1. The second-order valence-electron chi connectivity index (χ2n) is 5.73. The van der Waals surface area contributed by atoms with Crippen molar-refractivity contribution < 1.29 is 13.2 Å². The first-order chi connectivity index (χ1) is 9.79. The van der Waals surface area contributed by atoms with Crippen LogP contribution in [0.15, 0.2) is 12.1 Å². The van der Waals surface area contributed by atoms with Crippen molar-refractivity contribution in [3.63, 3.8) is 0 Å². The normalized spacial score (nSPS) is 17.9. The Labute approximate surface area is 126 Å². The van der Waals surface area contributed by atoms with Crippen LogP contribution in [0.3, 0.4) is 0 Å². The van der Waals surface area contributed by atoms with Crippen LogP contribution in [-0.2, 0) is 17.1 Å². The van der Waals surface area contributed by atoms with Crippen LogP contribution in [-0.4, -0.2) is 49.1 Å². The zero-order chi connectivity index (χ0) is 15.6. The van der Waals surface area contributed by atoms with Gasteiger partial charge in [-0.2, -0.15) is 0 Å². The number of hydrogen-bond acceptors (Lipinski definition) is 3. The van der Waals surface area contributed by atoms with E-state index in [-0.39, 0.29) is 5.91 Å². The quantitative estimate of drug-likeness (QED) is 0.891. The number of piperidine rings is 1. The predicted octanol–water partition coefficient (Wildman–Crippen LogP) is 0.735. The van der Waals surface area contributed by atoms with Gasteiger partial charge in [-0.25, -0.2) is 12.7 Å². The third-order valence-electron chi connectivity index (χ3n) is 4.20. The Kier molecular flexibility index (Phi) is 4.73. The summed E-state index contributed by atoms with van der Waals surface area (Å²) in [4.78, 5) is 12.1. The SMILES string of the molecule is Cc1ccc(C(=O)NCC2CCN(S(C)(=O)=O)CC2)n1C. The van der Waals surface area contributed by atoms with E-state index in [1.807, 2.05) is 30.7 Å². The van der Waals surface area contributed by atoms with E-state index in [9.17, 15) is 13.2 Å². The third-order valence-corrected chi connectivity index (χ3v) is 5.50. The smallest absolute Gasteiger partial charge is 0.267 e. The fourth-order valence-corrected chi connectivity index (χ4v) is 3.49. The standard InChI is InChI=1S/C14H23N3O3S/c1-11-4-5-13(16(11)2)14(18)15-10-12-6-8-17(9-7-12)21(3,19)20/h4-5,12H,6-10H2,1-3H3,(H,15,18). The molecule has 0 unspecified atom stereocenters. The molecule has 0 bridgehead atoms. The first kappa shape index (κ1) is 16.0. The molecule has 0 spiro atoms. The molecule has 118 valence electrons. The van der Waals surface area contributed by atoms with Crippen LogP contribution in [0, 0.1) is 12.8 Å². The topological polar surface area (TPSA) is 71.4 Å². The van der Waals surface area contributed by atoms with Gasteiger partial charge in [0.15, 0.2) is 0 Å². The Morgan fingerprint density at radius 1 is 1.33 bits per heavy atom. The van der Waals surface area contributed by atoms with Gasteiger partial charge in [-0.15, -0.1) is 0 Å². The highest BCUT2D eigenvalue weighted by molar-refractivity contribution is 7.88. The molecule has 7 heteroatoms. The fraction of sp³-hybridized carbons (Fsp3) is 0.643. The summed E-state index contributed by atoms with van der Waals surface area (Å²) in [6, 6.07) is 3.73. The zero-order valence-electron chi connectivity index (χ0n) is 12.8. The lowest BCUT2D eigenvalue weighted by Gasteiger charge is -2.30. The van der Waals surface area contributed by atoms with E-state index in [1.54, 1.807) is 0 Å². The molecule has 2 heterocycles. The minimum absolute atomic E-state index is 0.0730. The van der Waals surface area contributed by atoms with Crippen LogP contribution in [0.1, 0.15) is 29.0 Å². The van der Waals surface area contributed by atoms with Gasteiger partial charge in [0.25, 0.3) is 5.91 Å². The molecule has 1 aliphatic heterocycles. The molecule has 0 aromatic carbocycles. The molecule has 21 heavy (non-hydrogen) atoms. The number of nitrogens with zero attached hydrogens (tertiary/aromatic N) is 2. The molecule has 1 fully saturated rings. The van der Waals surface area contributed by atoms with E-state index in [0.717, 1.165) is 18.5 Å². The molecule has 1 aliphatic rings. The third kappa shape index (κ3) is 3.85. The van der Waals surface area contributed by atoms with Crippen LogP contribution in [0.4, 0.5) is 0 Å². The molecule has 1 N–H and O–H groups in total. The number of rotatable bonds is 4.